The second kappa shape index (κ2) is 5.51. The van der Waals surface area contributed by atoms with Crippen molar-refractivity contribution in [2.45, 2.75) is 60.2 Å². The Hall–Kier alpha value is -1.44. The lowest BCUT2D eigenvalue weighted by atomic mass is 9.97. The smallest absolute Gasteiger partial charge is 0.265 e. The van der Waals surface area contributed by atoms with Crippen LogP contribution in [0.4, 0.5) is 13.2 Å². The summed E-state index contributed by atoms with van der Waals surface area (Å²) in [5.41, 5.74) is -0.666. The highest BCUT2D eigenvalue weighted by Crippen LogP contribution is 2.33. The number of hydrogen-bond donors (Lipinski definition) is 0. The molecule has 0 N–H and O–H groups in total. The predicted molar refractivity (Wildman–Crippen MR) is 73.3 cm³/mol. The molecule has 1 aromatic rings. The summed E-state index contributed by atoms with van der Waals surface area (Å²) in [6.07, 6.45) is -4.01. The molecule has 1 rings (SSSR count). The second-order valence-electron chi connectivity index (χ2n) is 6.06. The molecule has 0 unspecified atom stereocenters. The minimum absolute atomic E-state index is 0.0172. The molecule has 5 heteroatoms. The van der Waals surface area contributed by atoms with E-state index in [1.165, 1.54) is 4.68 Å². The van der Waals surface area contributed by atoms with Crippen molar-refractivity contribution in [1.82, 2.24) is 9.78 Å². The molecule has 112 valence electrons. The molecule has 0 saturated carbocycles. The number of halogens is 3. The summed E-state index contributed by atoms with van der Waals surface area (Å²) < 4.78 is 40.8. The van der Waals surface area contributed by atoms with Gasteiger partial charge in [-0.2, -0.15) is 18.3 Å². The zero-order valence-electron chi connectivity index (χ0n) is 12.8. The van der Waals surface area contributed by atoms with Crippen LogP contribution in [0.15, 0.2) is 0 Å². The largest absolute Gasteiger partial charge is 0.436 e. The van der Waals surface area contributed by atoms with Crippen LogP contribution in [0, 0.1) is 17.3 Å². The van der Waals surface area contributed by atoms with Crippen molar-refractivity contribution in [3.05, 3.63) is 17.0 Å². The first-order valence-electron chi connectivity index (χ1n) is 6.69. The summed E-state index contributed by atoms with van der Waals surface area (Å²) in [4.78, 5) is 0. The number of nitrogens with zero attached hydrogens (tertiary/aromatic N) is 2. The molecule has 0 saturated heterocycles. The van der Waals surface area contributed by atoms with Gasteiger partial charge in [-0.25, -0.2) is 0 Å². The zero-order chi connectivity index (χ0) is 15.7. The molecule has 1 heterocycles. The van der Waals surface area contributed by atoms with E-state index in [0.717, 1.165) is 0 Å². The number of aromatic nitrogens is 2. The Morgan fingerprint density at radius 1 is 1.20 bits per heavy atom. The first-order chi connectivity index (χ1) is 8.97. The van der Waals surface area contributed by atoms with E-state index in [2.05, 4.69) is 16.9 Å². The van der Waals surface area contributed by atoms with E-state index in [1.54, 1.807) is 0 Å². The summed E-state index contributed by atoms with van der Waals surface area (Å²) in [5.74, 6) is 5.58. The third-order valence-electron chi connectivity index (χ3n) is 2.66. The van der Waals surface area contributed by atoms with E-state index in [9.17, 15) is 13.2 Å². The molecule has 0 radical (unpaired) electrons. The van der Waals surface area contributed by atoms with E-state index in [0.29, 0.717) is 12.1 Å². The van der Waals surface area contributed by atoms with Crippen molar-refractivity contribution in [1.29, 1.82) is 0 Å². The van der Waals surface area contributed by atoms with Crippen LogP contribution in [0.1, 0.15) is 64.5 Å². The van der Waals surface area contributed by atoms with E-state index >= 15 is 0 Å². The van der Waals surface area contributed by atoms with Gasteiger partial charge in [-0.15, -0.1) is 0 Å². The van der Waals surface area contributed by atoms with Crippen LogP contribution in [-0.4, -0.2) is 9.78 Å². The Morgan fingerprint density at radius 2 is 1.75 bits per heavy atom. The summed E-state index contributed by atoms with van der Waals surface area (Å²) in [5, 5.41) is 3.74. The lowest BCUT2D eigenvalue weighted by Crippen LogP contribution is -2.10. The van der Waals surface area contributed by atoms with Crippen LogP contribution in [0.2, 0.25) is 0 Å². The van der Waals surface area contributed by atoms with Crippen LogP contribution >= 0.6 is 0 Å². The highest BCUT2D eigenvalue weighted by molar-refractivity contribution is 5.44. The number of hydrogen-bond acceptors (Lipinski definition) is 1. The molecule has 2 nitrogen and oxygen atoms in total. The summed E-state index contributed by atoms with van der Waals surface area (Å²) in [6.45, 7) is 11.0. The van der Waals surface area contributed by atoms with Gasteiger partial charge in [-0.3, -0.25) is 4.68 Å². The van der Waals surface area contributed by atoms with Crippen molar-refractivity contribution in [3.63, 3.8) is 0 Å². The number of rotatable bonds is 2. The molecular formula is C15H21F3N2. The number of alkyl halides is 3. The topological polar surface area (TPSA) is 17.8 Å². The fraction of sp³-hybridized carbons (Fsp3) is 0.667. The minimum Gasteiger partial charge on any atom is -0.265 e. The molecular weight excluding hydrogens is 265 g/mol. The molecule has 0 aromatic carbocycles. The van der Waals surface area contributed by atoms with Crippen LogP contribution in [0.3, 0.4) is 0 Å². The monoisotopic (exact) mass is 286 g/mol. The van der Waals surface area contributed by atoms with Gasteiger partial charge in [-0.05, 0) is 41.0 Å². The second-order valence-corrected chi connectivity index (χ2v) is 6.06. The Labute approximate surface area is 118 Å². The van der Waals surface area contributed by atoms with Gasteiger partial charge < -0.3 is 0 Å². The zero-order valence-corrected chi connectivity index (χ0v) is 12.8. The minimum atomic E-state index is -4.48. The van der Waals surface area contributed by atoms with Gasteiger partial charge >= 0.3 is 6.18 Å². The molecule has 0 aliphatic carbocycles. The lowest BCUT2D eigenvalue weighted by molar-refractivity contribution is -0.141. The third kappa shape index (κ3) is 3.78. The SMILES string of the molecule is CCc1c(C#CC(C)(C)C)c(C(F)(F)F)nn1C(C)C. The van der Waals surface area contributed by atoms with Gasteiger partial charge in [0.25, 0.3) is 0 Å². The van der Waals surface area contributed by atoms with Gasteiger partial charge in [-0.1, -0.05) is 18.8 Å². The summed E-state index contributed by atoms with van der Waals surface area (Å²) in [6, 6.07) is -0.128. The fourth-order valence-electron chi connectivity index (χ4n) is 1.82. The van der Waals surface area contributed by atoms with Crippen LogP contribution in [0.5, 0.6) is 0 Å². The maximum absolute atomic E-state index is 13.1. The van der Waals surface area contributed by atoms with Gasteiger partial charge in [0.05, 0.1) is 11.3 Å². The molecule has 0 fully saturated rings. The van der Waals surface area contributed by atoms with Crippen molar-refractivity contribution in [2.24, 2.45) is 5.41 Å². The van der Waals surface area contributed by atoms with Crippen molar-refractivity contribution in [3.8, 4) is 11.8 Å². The van der Waals surface area contributed by atoms with E-state index < -0.39 is 11.9 Å². The summed E-state index contributed by atoms with van der Waals surface area (Å²) in [7, 11) is 0. The molecule has 0 aliphatic heterocycles. The predicted octanol–water partition coefficient (Wildman–Crippen LogP) is 4.44. The Morgan fingerprint density at radius 3 is 2.10 bits per heavy atom. The van der Waals surface area contributed by atoms with Crippen molar-refractivity contribution < 1.29 is 13.2 Å². The summed E-state index contributed by atoms with van der Waals surface area (Å²) >= 11 is 0. The molecule has 0 bridgehead atoms. The average molecular weight is 286 g/mol. The highest BCUT2D eigenvalue weighted by Gasteiger charge is 2.39. The quantitative estimate of drug-likeness (QED) is 0.735. The molecule has 20 heavy (non-hydrogen) atoms. The maximum Gasteiger partial charge on any atom is 0.436 e. The molecule has 0 amide bonds. The van der Waals surface area contributed by atoms with Crippen molar-refractivity contribution in [2.75, 3.05) is 0 Å². The normalized spacial score (nSPS) is 12.5. The Bertz CT molecular complexity index is 534. The van der Waals surface area contributed by atoms with Gasteiger partial charge in [0.1, 0.15) is 0 Å². The van der Waals surface area contributed by atoms with E-state index in [1.807, 2.05) is 41.5 Å². The molecule has 0 spiro atoms. The fourth-order valence-corrected chi connectivity index (χ4v) is 1.82. The van der Waals surface area contributed by atoms with Crippen LogP contribution in [-0.2, 0) is 12.6 Å². The van der Waals surface area contributed by atoms with E-state index in [4.69, 9.17) is 0 Å². The maximum atomic E-state index is 13.1. The van der Waals surface area contributed by atoms with Gasteiger partial charge in [0, 0.05) is 11.5 Å². The van der Waals surface area contributed by atoms with Crippen LogP contribution < -0.4 is 0 Å². The third-order valence-corrected chi connectivity index (χ3v) is 2.66. The molecule has 1 aromatic heterocycles. The lowest BCUT2D eigenvalue weighted by Gasteiger charge is -2.10. The molecule has 0 aliphatic rings. The first-order valence-corrected chi connectivity index (χ1v) is 6.69. The van der Waals surface area contributed by atoms with Gasteiger partial charge in [0.2, 0.25) is 0 Å². The van der Waals surface area contributed by atoms with Crippen LogP contribution in [0.25, 0.3) is 0 Å². The van der Waals surface area contributed by atoms with Crippen molar-refractivity contribution >= 4 is 0 Å². The standard InChI is InChI=1S/C15H21F3N2/c1-7-12-11(8-9-14(4,5)6)13(15(16,17)18)19-20(12)10(2)3/h10H,7H2,1-6H3. The highest BCUT2D eigenvalue weighted by atomic mass is 19.4. The molecule has 0 atom stereocenters. The van der Waals surface area contributed by atoms with Gasteiger partial charge in [0.15, 0.2) is 5.69 Å². The first kappa shape index (κ1) is 16.6. The Balaban J connectivity index is 3.56. The van der Waals surface area contributed by atoms with E-state index in [-0.39, 0.29) is 17.0 Å². The average Bonchev–Trinajstić information content (AvgIpc) is 2.63. The Kier molecular flexibility index (Phi) is 4.58.